The van der Waals surface area contributed by atoms with Gasteiger partial charge in [0, 0.05) is 23.5 Å². The normalized spacial score (nSPS) is 15.2. The van der Waals surface area contributed by atoms with E-state index in [0.717, 1.165) is 36.6 Å². The number of fused-ring (bicyclic) bond motifs is 1. The van der Waals surface area contributed by atoms with Gasteiger partial charge in [0.05, 0.1) is 15.9 Å². The van der Waals surface area contributed by atoms with Crippen LogP contribution in [0.15, 0.2) is 34.8 Å². The maximum Gasteiger partial charge on any atom is 0.227 e. The molecule has 1 N–H and O–H groups in total. The lowest BCUT2D eigenvalue weighted by Gasteiger charge is -2.31. The smallest absolute Gasteiger partial charge is 0.227 e. The van der Waals surface area contributed by atoms with Gasteiger partial charge in [-0.3, -0.25) is 4.79 Å². The number of hydrogen-bond acceptors (Lipinski definition) is 4. The summed E-state index contributed by atoms with van der Waals surface area (Å²) in [5.41, 5.74) is 3.74. The molecule has 1 amide bonds. The van der Waals surface area contributed by atoms with E-state index in [1.54, 1.807) is 23.5 Å². The van der Waals surface area contributed by atoms with Crippen LogP contribution in [0.4, 0.5) is 15.2 Å². The largest absolute Gasteiger partial charge is 0.348 e. The second kappa shape index (κ2) is 7.79. The summed E-state index contributed by atoms with van der Waals surface area (Å²) in [6, 6.07) is 8.99. The average molecular weight is 462 g/mol. The first-order valence-electron chi connectivity index (χ1n) is 9.29. The molecule has 0 atom stereocenters. The first-order chi connectivity index (χ1) is 13.4. The van der Waals surface area contributed by atoms with Gasteiger partial charge in [-0.1, -0.05) is 33.3 Å². The molecule has 2 heterocycles. The predicted octanol–water partition coefficient (Wildman–Crippen LogP) is 5.67. The third-order valence-electron chi connectivity index (χ3n) is 5.14. The molecule has 146 valence electrons. The van der Waals surface area contributed by atoms with E-state index < -0.39 is 5.82 Å². The Balaban J connectivity index is 1.41. The zero-order chi connectivity index (χ0) is 19.8. The molecule has 3 aromatic rings. The molecule has 0 saturated carbocycles. The van der Waals surface area contributed by atoms with Gasteiger partial charge in [-0.15, -0.1) is 0 Å². The van der Waals surface area contributed by atoms with Crippen LogP contribution in [0.5, 0.6) is 0 Å². The van der Waals surface area contributed by atoms with E-state index in [1.165, 1.54) is 21.9 Å². The van der Waals surface area contributed by atoms with Crippen LogP contribution in [-0.2, 0) is 4.79 Å². The van der Waals surface area contributed by atoms with Gasteiger partial charge in [-0.25, -0.2) is 9.37 Å². The molecule has 2 aromatic carbocycles. The lowest BCUT2D eigenvalue weighted by Crippen LogP contribution is -2.38. The van der Waals surface area contributed by atoms with Gasteiger partial charge in [0.25, 0.3) is 0 Å². The van der Waals surface area contributed by atoms with Crippen LogP contribution in [0.25, 0.3) is 10.2 Å². The van der Waals surface area contributed by atoms with Crippen LogP contribution in [0.1, 0.15) is 24.0 Å². The van der Waals surface area contributed by atoms with Crippen molar-refractivity contribution < 1.29 is 9.18 Å². The van der Waals surface area contributed by atoms with Gasteiger partial charge in [-0.2, -0.15) is 0 Å². The third-order valence-corrected chi connectivity index (χ3v) is 6.70. The van der Waals surface area contributed by atoms with E-state index in [4.69, 9.17) is 4.98 Å². The summed E-state index contributed by atoms with van der Waals surface area (Å²) in [4.78, 5) is 19.6. The topological polar surface area (TPSA) is 45.2 Å². The van der Waals surface area contributed by atoms with Gasteiger partial charge < -0.3 is 10.2 Å². The minimum atomic E-state index is -0.430. The van der Waals surface area contributed by atoms with Gasteiger partial charge in [0.1, 0.15) is 5.82 Å². The number of benzene rings is 2. The van der Waals surface area contributed by atoms with Crippen LogP contribution in [-0.4, -0.2) is 24.0 Å². The van der Waals surface area contributed by atoms with Crippen molar-refractivity contribution in [3.8, 4) is 0 Å². The van der Waals surface area contributed by atoms with Crippen molar-refractivity contribution in [2.45, 2.75) is 26.7 Å². The van der Waals surface area contributed by atoms with E-state index in [1.807, 2.05) is 0 Å². The first kappa shape index (κ1) is 19.3. The molecule has 0 spiro atoms. The van der Waals surface area contributed by atoms with Gasteiger partial charge in [0.15, 0.2) is 5.13 Å². The molecule has 1 saturated heterocycles. The zero-order valence-electron chi connectivity index (χ0n) is 15.8. The van der Waals surface area contributed by atoms with E-state index in [0.29, 0.717) is 4.47 Å². The second-order valence-electron chi connectivity index (χ2n) is 7.30. The summed E-state index contributed by atoms with van der Waals surface area (Å²) in [5.74, 6) is -0.658. The van der Waals surface area contributed by atoms with Crippen molar-refractivity contribution >= 4 is 54.2 Å². The van der Waals surface area contributed by atoms with Crippen LogP contribution in [0.2, 0.25) is 0 Å². The Morgan fingerprint density at radius 3 is 2.71 bits per heavy atom. The highest BCUT2D eigenvalue weighted by molar-refractivity contribution is 9.10. The first-order valence-corrected chi connectivity index (χ1v) is 10.9. The Morgan fingerprint density at radius 1 is 1.25 bits per heavy atom. The van der Waals surface area contributed by atoms with Crippen LogP contribution in [0.3, 0.4) is 0 Å². The van der Waals surface area contributed by atoms with Crippen molar-refractivity contribution in [1.29, 1.82) is 0 Å². The minimum Gasteiger partial charge on any atom is -0.348 e. The van der Waals surface area contributed by atoms with Crippen LogP contribution in [0, 0.1) is 25.6 Å². The van der Waals surface area contributed by atoms with Gasteiger partial charge in [-0.05, 0) is 62.1 Å². The fourth-order valence-corrected chi connectivity index (χ4v) is 5.18. The molecule has 0 radical (unpaired) electrons. The van der Waals surface area contributed by atoms with Crippen LogP contribution < -0.4 is 10.2 Å². The molecular formula is C21H21BrFN3OS. The molecule has 1 aliphatic heterocycles. The Kier molecular flexibility index (Phi) is 5.38. The fourth-order valence-electron chi connectivity index (χ4n) is 3.65. The van der Waals surface area contributed by atoms with Gasteiger partial charge >= 0.3 is 0 Å². The summed E-state index contributed by atoms with van der Waals surface area (Å²) in [7, 11) is 0. The number of piperidine rings is 1. The third kappa shape index (κ3) is 3.91. The SMILES string of the molecule is Cc1cc(C)c2nc(N3CCC(C(=O)Nc4ccc(Br)cc4F)CC3)sc2c1. The maximum atomic E-state index is 14.0. The molecule has 4 nitrogen and oxygen atoms in total. The molecule has 1 aromatic heterocycles. The van der Waals surface area contributed by atoms with Crippen molar-refractivity contribution in [2.75, 3.05) is 23.3 Å². The summed E-state index contributed by atoms with van der Waals surface area (Å²) in [6.45, 7) is 5.75. The highest BCUT2D eigenvalue weighted by atomic mass is 79.9. The Bertz CT molecular complexity index is 1040. The molecular weight excluding hydrogens is 441 g/mol. The van der Waals surface area contributed by atoms with Crippen molar-refractivity contribution in [2.24, 2.45) is 5.92 Å². The maximum absolute atomic E-state index is 14.0. The summed E-state index contributed by atoms with van der Waals surface area (Å²) in [5, 5.41) is 3.75. The fraction of sp³-hybridized carbons (Fsp3) is 0.333. The lowest BCUT2D eigenvalue weighted by molar-refractivity contribution is -0.120. The second-order valence-corrected chi connectivity index (χ2v) is 9.22. The molecule has 0 aliphatic carbocycles. The number of rotatable bonds is 3. The number of aromatic nitrogens is 1. The highest BCUT2D eigenvalue weighted by Crippen LogP contribution is 2.34. The number of halogens is 2. The quantitative estimate of drug-likeness (QED) is 0.546. The molecule has 28 heavy (non-hydrogen) atoms. The molecule has 1 fully saturated rings. The van der Waals surface area contributed by atoms with Crippen molar-refractivity contribution in [3.05, 3.63) is 51.7 Å². The number of thiazole rings is 1. The number of carbonyl (C=O) groups is 1. The number of nitrogens with one attached hydrogen (secondary N) is 1. The molecule has 1 aliphatic rings. The van der Waals surface area contributed by atoms with E-state index in [-0.39, 0.29) is 17.5 Å². The highest BCUT2D eigenvalue weighted by Gasteiger charge is 2.27. The van der Waals surface area contributed by atoms with Crippen LogP contribution >= 0.6 is 27.3 Å². The standard InChI is InChI=1S/C21H21BrFN3OS/c1-12-9-13(2)19-18(10-12)28-21(25-19)26-7-5-14(6-8-26)20(27)24-17-4-3-15(22)11-16(17)23/h3-4,9-11,14H,5-8H2,1-2H3,(H,24,27). The Labute approximate surface area is 175 Å². The summed E-state index contributed by atoms with van der Waals surface area (Å²) >= 11 is 4.93. The molecule has 7 heteroatoms. The Hall–Kier alpha value is -1.99. The summed E-state index contributed by atoms with van der Waals surface area (Å²) < 4.78 is 15.8. The number of aryl methyl sites for hydroxylation is 2. The lowest BCUT2D eigenvalue weighted by atomic mass is 9.96. The number of anilines is 2. The molecule has 0 bridgehead atoms. The zero-order valence-corrected chi connectivity index (χ0v) is 18.2. The van der Waals surface area contributed by atoms with Gasteiger partial charge in [0.2, 0.25) is 5.91 Å². The molecule has 4 rings (SSSR count). The number of nitrogens with zero attached hydrogens (tertiary/aromatic N) is 2. The number of carbonyl (C=O) groups excluding carboxylic acids is 1. The summed E-state index contributed by atoms with van der Waals surface area (Å²) in [6.07, 6.45) is 1.47. The monoisotopic (exact) mass is 461 g/mol. The van der Waals surface area contributed by atoms with Crippen molar-refractivity contribution in [3.63, 3.8) is 0 Å². The van der Waals surface area contributed by atoms with Crippen molar-refractivity contribution in [1.82, 2.24) is 4.98 Å². The minimum absolute atomic E-state index is 0.113. The van der Waals surface area contributed by atoms with E-state index in [9.17, 15) is 9.18 Å². The van der Waals surface area contributed by atoms with E-state index >= 15 is 0 Å². The number of hydrogen-bond donors (Lipinski definition) is 1. The average Bonchev–Trinajstić information content (AvgIpc) is 3.08. The number of amides is 1. The predicted molar refractivity (Wildman–Crippen MR) is 117 cm³/mol. The van der Waals surface area contributed by atoms with E-state index in [2.05, 4.69) is 52.1 Å². The molecule has 0 unspecified atom stereocenters. The Morgan fingerprint density at radius 2 is 2.00 bits per heavy atom.